The predicted octanol–water partition coefficient (Wildman–Crippen LogP) is 4.79. The van der Waals surface area contributed by atoms with Crippen LogP contribution in [0.4, 0.5) is 10.5 Å². The molecular weight excluding hydrogens is 386 g/mol. The van der Waals surface area contributed by atoms with Crippen LogP contribution in [0.3, 0.4) is 0 Å². The molecule has 0 spiro atoms. The maximum Gasteiger partial charge on any atom is 0.410 e. The second kappa shape index (κ2) is 8.91. The third kappa shape index (κ3) is 4.16. The number of benzene rings is 2. The Morgan fingerprint density at radius 2 is 1.81 bits per heavy atom. The molecule has 5 heteroatoms. The third-order valence-corrected chi connectivity index (χ3v) is 7.19. The molecule has 3 aliphatic rings. The number of likely N-dealkylation sites (tertiary alicyclic amines) is 1. The number of amides is 1. The van der Waals surface area contributed by atoms with Crippen molar-refractivity contribution in [3.63, 3.8) is 0 Å². The van der Waals surface area contributed by atoms with Gasteiger partial charge in [0.15, 0.2) is 0 Å². The average Bonchev–Trinajstić information content (AvgIpc) is 3.10. The number of carbonyl (C=O) groups is 1. The summed E-state index contributed by atoms with van der Waals surface area (Å²) in [4.78, 5) is 20.0. The zero-order valence-electron chi connectivity index (χ0n) is 18.5. The van der Waals surface area contributed by atoms with Crippen LogP contribution >= 0.6 is 0 Å². The fourth-order valence-electron chi connectivity index (χ4n) is 5.53. The van der Waals surface area contributed by atoms with Gasteiger partial charge in [-0.1, -0.05) is 43.3 Å². The van der Waals surface area contributed by atoms with E-state index in [1.807, 2.05) is 35.2 Å². The van der Waals surface area contributed by atoms with Gasteiger partial charge in [-0.15, -0.1) is 0 Å². The van der Waals surface area contributed by atoms with Gasteiger partial charge in [0, 0.05) is 38.4 Å². The lowest BCUT2D eigenvalue weighted by Crippen LogP contribution is -2.46. The van der Waals surface area contributed by atoms with E-state index in [-0.39, 0.29) is 12.1 Å². The van der Waals surface area contributed by atoms with Crippen LogP contribution in [-0.4, -0.2) is 55.2 Å². The smallest absolute Gasteiger partial charge is 0.410 e. The molecule has 1 unspecified atom stereocenters. The lowest BCUT2D eigenvalue weighted by atomic mass is 9.96. The van der Waals surface area contributed by atoms with E-state index in [0.717, 1.165) is 51.1 Å². The molecule has 5 rings (SSSR count). The van der Waals surface area contributed by atoms with Gasteiger partial charge in [0.1, 0.15) is 6.61 Å². The van der Waals surface area contributed by atoms with Crippen molar-refractivity contribution in [3.05, 3.63) is 65.2 Å². The monoisotopic (exact) mass is 419 g/mol. The Balaban J connectivity index is 1.28. The Morgan fingerprint density at radius 1 is 1.00 bits per heavy atom. The van der Waals surface area contributed by atoms with Gasteiger partial charge < -0.3 is 14.5 Å². The number of ether oxygens (including phenoxy) is 1. The SMILES string of the molecule is CCCN1CCN(c2ccc3c(c2)[C@@H]2CC3CCN2C(=O)OCc2ccccc2)CC1. The normalized spacial score (nSPS) is 23.0. The van der Waals surface area contributed by atoms with Crippen molar-refractivity contribution >= 4 is 11.8 Å². The Bertz CT molecular complexity index is 908. The first-order chi connectivity index (χ1) is 15.2. The molecule has 0 N–H and O–H groups in total. The second-order valence-electron chi connectivity index (χ2n) is 9.11. The van der Waals surface area contributed by atoms with Crippen LogP contribution in [-0.2, 0) is 11.3 Å². The quantitative estimate of drug-likeness (QED) is 0.698. The highest BCUT2D eigenvalue weighted by Crippen LogP contribution is 2.50. The number of carbonyl (C=O) groups excluding carboxylic acids is 1. The molecular formula is C26H33N3O2. The standard InChI is InChI=1S/C26H33N3O2/c1-2-11-27-13-15-28(16-14-27)22-8-9-23-21-10-12-29(25(17-21)24(23)18-22)26(30)31-19-20-6-4-3-5-7-20/h3-9,18,21,25H,2,10-17,19H2,1H3/t21?,25-/m0/s1. The minimum absolute atomic E-state index is 0.151. The zero-order valence-corrected chi connectivity index (χ0v) is 18.5. The van der Waals surface area contributed by atoms with Gasteiger partial charge in [0.25, 0.3) is 0 Å². The maximum absolute atomic E-state index is 12.9. The van der Waals surface area contributed by atoms with E-state index in [1.165, 1.54) is 29.8 Å². The largest absolute Gasteiger partial charge is 0.445 e. The van der Waals surface area contributed by atoms with Gasteiger partial charge in [-0.05, 0) is 60.5 Å². The van der Waals surface area contributed by atoms with Gasteiger partial charge >= 0.3 is 6.09 Å². The minimum Gasteiger partial charge on any atom is -0.445 e. The van der Waals surface area contributed by atoms with E-state index in [1.54, 1.807) is 0 Å². The molecule has 2 saturated heterocycles. The van der Waals surface area contributed by atoms with Crippen LogP contribution in [0.2, 0.25) is 0 Å². The summed E-state index contributed by atoms with van der Waals surface area (Å²) in [6, 6.07) is 17.1. The summed E-state index contributed by atoms with van der Waals surface area (Å²) < 4.78 is 5.69. The molecule has 2 heterocycles. The van der Waals surface area contributed by atoms with Gasteiger partial charge in [0.05, 0.1) is 6.04 Å². The number of piperazine rings is 1. The highest BCUT2D eigenvalue weighted by molar-refractivity contribution is 5.70. The van der Waals surface area contributed by atoms with Gasteiger partial charge in [-0.2, -0.15) is 0 Å². The number of nitrogens with zero attached hydrogens (tertiary/aromatic N) is 3. The number of hydrogen-bond acceptors (Lipinski definition) is 4. The molecule has 31 heavy (non-hydrogen) atoms. The number of piperidine rings is 1. The predicted molar refractivity (Wildman–Crippen MR) is 123 cm³/mol. The van der Waals surface area contributed by atoms with Crippen molar-refractivity contribution in [2.45, 2.75) is 44.8 Å². The van der Waals surface area contributed by atoms with Crippen molar-refractivity contribution in [1.82, 2.24) is 9.80 Å². The van der Waals surface area contributed by atoms with Crippen LogP contribution in [0, 0.1) is 0 Å². The molecule has 1 aliphatic carbocycles. The molecule has 164 valence electrons. The molecule has 2 aromatic carbocycles. The lowest BCUT2D eigenvalue weighted by Gasteiger charge is -2.36. The first kappa shape index (κ1) is 20.4. The van der Waals surface area contributed by atoms with Crippen molar-refractivity contribution in [2.24, 2.45) is 0 Å². The summed E-state index contributed by atoms with van der Waals surface area (Å²) in [5, 5.41) is 0. The third-order valence-electron chi connectivity index (χ3n) is 7.19. The number of hydrogen-bond donors (Lipinski definition) is 0. The zero-order chi connectivity index (χ0) is 21.2. The fourth-order valence-corrected chi connectivity index (χ4v) is 5.53. The molecule has 2 atom stereocenters. The molecule has 0 aromatic heterocycles. The second-order valence-corrected chi connectivity index (χ2v) is 9.11. The van der Waals surface area contributed by atoms with Crippen molar-refractivity contribution in [1.29, 1.82) is 0 Å². The lowest BCUT2D eigenvalue weighted by molar-refractivity contribution is 0.0694. The molecule has 1 amide bonds. The molecule has 2 aliphatic heterocycles. The van der Waals surface area contributed by atoms with Crippen LogP contribution in [0.15, 0.2) is 48.5 Å². The van der Waals surface area contributed by atoms with E-state index >= 15 is 0 Å². The summed E-state index contributed by atoms with van der Waals surface area (Å²) in [7, 11) is 0. The van der Waals surface area contributed by atoms with Crippen LogP contribution in [0.1, 0.15) is 54.8 Å². The minimum atomic E-state index is -0.182. The highest BCUT2D eigenvalue weighted by atomic mass is 16.6. The van der Waals surface area contributed by atoms with E-state index in [9.17, 15) is 4.79 Å². The van der Waals surface area contributed by atoms with Gasteiger partial charge in [-0.3, -0.25) is 4.90 Å². The number of fused-ring (bicyclic) bond motifs is 5. The summed E-state index contributed by atoms with van der Waals surface area (Å²) in [5.41, 5.74) is 5.12. The van der Waals surface area contributed by atoms with Crippen LogP contribution in [0.25, 0.3) is 0 Å². The summed E-state index contributed by atoms with van der Waals surface area (Å²) in [5.74, 6) is 0.577. The molecule has 2 bridgehead atoms. The molecule has 0 saturated carbocycles. The summed E-state index contributed by atoms with van der Waals surface area (Å²) >= 11 is 0. The van der Waals surface area contributed by atoms with Crippen molar-refractivity contribution in [2.75, 3.05) is 44.2 Å². The topological polar surface area (TPSA) is 36.0 Å². The molecule has 2 fully saturated rings. The summed E-state index contributed by atoms with van der Waals surface area (Å²) in [6.45, 7) is 8.99. The van der Waals surface area contributed by atoms with Crippen molar-refractivity contribution < 1.29 is 9.53 Å². The Hall–Kier alpha value is -2.53. The Kier molecular flexibility index (Phi) is 5.86. The van der Waals surface area contributed by atoms with Gasteiger partial charge in [0.2, 0.25) is 0 Å². The maximum atomic E-state index is 12.9. The number of rotatable bonds is 5. The highest BCUT2D eigenvalue weighted by Gasteiger charge is 2.41. The van der Waals surface area contributed by atoms with E-state index in [2.05, 4.69) is 34.9 Å². The van der Waals surface area contributed by atoms with E-state index in [4.69, 9.17) is 4.74 Å². The van der Waals surface area contributed by atoms with Crippen molar-refractivity contribution in [3.8, 4) is 0 Å². The first-order valence-electron chi connectivity index (χ1n) is 11.8. The van der Waals surface area contributed by atoms with E-state index < -0.39 is 0 Å². The van der Waals surface area contributed by atoms with Gasteiger partial charge in [-0.25, -0.2) is 4.79 Å². The van der Waals surface area contributed by atoms with E-state index in [0.29, 0.717) is 12.5 Å². The first-order valence-corrected chi connectivity index (χ1v) is 11.8. The molecule has 5 nitrogen and oxygen atoms in total. The van der Waals surface area contributed by atoms with Crippen LogP contribution < -0.4 is 4.90 Å². The summed E-state index contributed by atoms with van der Waals surface area (Å²) in [6.07, 6.45) is 3.10. The average molecular weight is 420 g/mol. The Labute approximate surface area is 185 Å². The number of anilines is 1. The van der Waals surface area contributed by atoms with Crippen LogP contribution in [0.5, 0.6) is 0 Å². The Morgan fingerprint density at radius 3 is 2.58 bits per heavy atom. The fraction of sp³-hybridized carbons (Fsp3) is 0.500. The molecule has 0 radical (unpaired) electrons. The molecule has 2 aromatic rings.